The highest BCUT2D eigenvalue weighted by Crippen LogP contribution is 2.45. The van der Waals surface area contributed by atoms with Crippen LogP contribution in [0.15, 0.2) is 0 Å². The minimum atomic E-state index is -4.96. The number of hydrogen-bond donors (Lipinski definition) is 3. The highest BCUT2D eigenvalue weighted by molar-refractivity contribution is 7.47. The number of aliphatic hydroxyl groups is 1. The van der Waals surface area contributed by atoms with Crippen molar-refractivity contribution in [3.8, 4) is 0 Å². The van der Waals surface area contributed by atoms with Gasteiger partial charge in [0.25, 0.3) is 0 Å². The molecule has 0 heterocycles. The zero-order valence-corrected chi connectivity index (χ0v) is 62.5. The fraction of sp³-hybridized carbons (Fsp3) is 0.946. The van der Waals surface area contributed by atoms with Gasteiger partial charge < -0.3 is 33.8 Å². The van der Waals surface area contributed by atoms with E-state index in [9.17, 15) is 43.2 Å². The molecule has 0 aliphatic rings. The van der Waals surface area contributed by atoms with Gasteiger partial charge in [-0.25, -0.2) is 9.13 Å². The summed E-state index contributed by atoms with van der Waals surface area (Å²) in [7, 11) is -9.91. The zero-order valence-electron chi connectivity index (χ0n) is 60.7. The van der Waals surface area contributed by atoms with E-state index in [2.05, 4.69) is 48.5 Å². The second kappa shape index (κ2) is 64.7. The van der Waals surface area contributed by atoms with E-state index >= 15 is 0 Å². The lowest BCUT2D eigenvalue weighted by molar-refractivity contribution is -0.161. The van der Waals surface area contributed by atoms with E-state index in [1.165, 1.54) is 180 Å². The van der Waals surface area contributed by atoms with E-state index in [0.29, 0.717) is 31.6 Å². The van der Waals surface area contributed by atoms with Crippen LogP contribution < -0.4 is 0 Å². The van der Waals surface area contributed by atoms with Crippen molar-refractivity contribution in [1.29, 1.82) is 0 Å². The molecule has 552 valence electrons. The van der Waals surface area contributed by atoms with E-state index in [1.54, 1.807) is 0 Å². The van der Waals surface area contributed by atoms with Gasteiger partial charge >= 0.3 is 39.5 Å². The Morgan fingerprint density at radius 1 is 0.312 bits per heavy atom. The van der Waals surface area contributed by atoms with Gasteiger partial charge in [0, 0.05) is 25.7 Å². The van der Waals surface area contributed by atoms with Crippen LogP contribution >= 0.6 is 15.6 Å². The van der Waals surface area contributed by atoms with E-state index in [4.69, 9.17) is 37.0 Å². The van der Waals surface area contributed by atoms with Gasteiger partial charge in [-0.15, -0.1) is 0 Å². The van der Waals surface area contributed by atoms with Crippen LogP contribution in [0.2, 0.25) is 0 Å². The van der Waals surface area contributed by atoms with Crippen LogP contribution in [0, 0.1) is 17.8 Å². The molecule has 17 nitrogen and oxygen atoms in total. The Balaban J connectivity index is 5.16. The van der Waals surface area contributed by atoms with E-state index < -0.39 is 97.5 Å². The average molecular weight is 1370 g/mol. The van der Waals surface area contributed by atoms with Gasteiger partial charge in [0.2, 0.25) is 0 Å². The number of phosphoric acid groups is 2. The first-order chi connectivity index (χ1) is 44.8. The minimum Gasteiger partial charge on any atom is -0.462 e. The van der Waals surface area contributed by atoms with Crippen molar-refractivity contribution < 1.29 is 80.2 Å². The predicted octanol–water partition coefficient (Wildman–Crippen LogP) is 21.4. The highest BCUT2D eigenvalue weighted by Gasteiger charge is 2.30. The number of esters is 4. The molecule has 0 radical (unpaired) electrons. The number of hydrogen-bond acceptors (Lipinski definition) is 15. The normalized spacial score (nSPS) is 14.7. The van der Waals surface area contributed by atoms with Gasteiger partial charge in [0.1, 0.15) is 19.3 Å². The summed E-state index contributed by atoms with van der Waals surface area (Å²) in [6.07, 6.45) is 50.4. The molecule has 0 spiro atoms. The lowest BCUT2D eigenvalue weighted by atomic mass is 9.99. The summed E-state index contributed by atoms with van der Waals surface area (Å²) in [6.45, 7) is 11.7. The topological polar surface area (TPSA) is 237 Å². The first kappa shape index (κ1) is 91.1. The van der Waals surface area contributed by atoms with E-state index in [-0.39, 0.29) is 25.7 Å². The van der Waals surface area contributed by atoms with Crippen LogP contribution in [0.1, 0.15) is 376 Å². The third-order valence-electron chi connectivity index (χ3n) is 17.9. The van der Waals surface area contributed by atoms with Crippen LogP contribution in [0.25, 0.3) is 0 Å². The summed E-state index contributed by atoms with van der Waals surface area (Å²) in [5.41, 5.74) is 0. The third-order valence-corrected chi connectivity index (χ3v) is 19.8. The number of rotatable bonds is 72. The molecule has 93 heavy (non-hydrogen) atoms. The Morgan fingerprint density at radius 2 is 0.548 bits per heavy atom. The molecular weight excluding hydrogens is 1220 g/mol. The summed E-state index contributed by atoms with van der Waals surface area (Å²) in [6, 6.07) is 0. The van der Waals surface area contributed by atoms with E-state index in [0.717, 1.165) is 108 Å². The molecule has 0 aromatic heterocycles. The van der Waals surface area contributed by atoms with Crippen molar-refractivity contribution in [3.63, 3.8) is 0 Å². The summed E-state index contributed by atoms with van der Waals surface area (Å²) in [4.78, 5) is 72.6. The van der Waals surface area contributed by atoms with Gasteiger partial charge in [-0.05, 0) is 43.4 Å². The van der Waals surface area contributed by atoms with Crippen LogP contribution in [-0.2, 0) is 65.4 Å². The van der Waals surface area contributed by atoms with Crippen LogP contribution in [0.5, 0.6) is 0 Å². The van der Waals surface area contributed by atoms with Crippen LogP contribution in [0.4, 0.5) is 0 Å². The Hall–Kier alpha value is -1.94. The summed E-state index contributed by atoms with van der Waals surface area (Å²) >= 11 is 0. The molecule has 3 N–H and O–H groups in total. The second-order valence-electron chi connectivity index (χ2n) is 27.6. The zero-order chi connectivity index (χ0) is 68.7. The summed E-state index contributed by atoms with van der Waals surface area (Å²) in [5.74, 6) is 0.0478. The lowest BCUT2D eigenvalue weighted by Crippen LogP contribution is -2.30. The van der Waals surface area contributed by atoms with Crippen LogP contribution in [0.3, 0.4) is 0 Å². The Morgan fingerprint density at radius 3 is 0.817 bits per heavy atom. The molecule has 0 aromatic carbocycles. The highest BCUT2D eigenvalue weighted by atomic mass is 31.2. The number of carbonyl (C=O) groups excluding carboxylic acids is 4. The first-order valence-electron chi connectivity index (χ1n) is 38.4. The SMILES string of the molecule is CCCCCCCCCCCCCCCCCCCCCCCCC(=O)O[C@H](COC(=O)CCCCCCCCCCC(C)CC)COP(=O)(O)OC[C@@H](O)COP(=O)(O)OC[C@@H](COC(=O)CCCCCCCCC(C)C)OC(=O)CCCCCCCCC(C)CC. The van der Waals surface area contributed by atoms with Crippen LogP contribution in [-0.4, -0.2) is 96.7 Å². The first-order valence-corrected chi connectivity index (χ1v) is 41.4. The molecule has 4 unspecified atom stereocenters. The van der Waals surface area contributed by atoms with E-state index in [1.807, 2.05) is 0 Å². The van der Waals surface area contributed by atoms with Gasteiger partial charge in [0.15, 0.2) is 12.2 Å². The maximum atomic E-state index is 13.1. The Kier molecular flexibility index (Phi) is 63.4. The standard InChI is InChI=1S/C74H144O17P2/c1-8-11-12-13-14-15-16-17-18-19-20-21-22-23-24-25-26-27-28-33-43-50-57-73(78)90-69(61-84-71(76)55-48-41-32-30-29-31-39-46-53-66(6)9-2)63-88-92(80,81)86-59-68(75)60-87-93(82,83)89-64-70(62-85-72(77)56-49-42-36-34-38-45-52-65(4)5)91-74(79)58-51-44-37-35-40-47-54-67(7)10-3/h65-70,75H,8-64H2,1-7H3,(H,80,81)(H,82,83)/t66?,67?,68-,69-,70-/m1/s1. The fourth-order valence-electron chi connectivity index (χ4n) is 11.2. The van der Waals surface area contributed by atoms with Crippen molar-refractivity contribution in [2.75, 3.05) is 39.6 Å². The molecule has 0 rings (SSSR count). The molecule has 0 aliphatic heterocycles. The predicted molar refractivity (Wildman–Crippen MR) is 377 cm³/mol. The molecule has 7 atom stereocenters. The molecule has 0 amide bonds. The fourth-order valence-corrected chi connectivity index (χ4v) is 12.8. The van der Waals surface area contributed by atoms with Gasteiger partial charge in [0.05, 0.1) is 26.4 Å². The Bertz CT molecular complexity index is 1820. The average Bonchev–Trinajstić information content (AvgIpc) is 3.41. The molecular formula is C74H144O17P2. The smallest absolute Gasteiger partial charge is 0.462 e. The maximum absolute atomic E-state index is 13.1. The lowest BCUT2D eigenvalue weighted by Gasteiger charge is -2.21. The molecule has 0 saturated carbocycles. The molecule has 19 heteroatoms. The van der Waals surface area contributed by atoms with Gasteiger partial charge in [-0.1, -0.05) is 325 Å². The third kappa shape index (κ3) is 65.8. The largest absolute Gasteiger partial charge is 0.472 e. The Labute approximate surface area is 568 Å². The molecule has 0 aliphatic carbocycles. The number of phosphoric ester groups is 2. The van der Waals surface area contributed by atoms with Crippen molar-refractivity contribution >= 4 is 39.5 Å². The van der Waals surface area contributed by atoms with Crippen molar-refractivity contribution in [2.24, 2.45) is 17.8 Å². The number of ether oxygens (including phenoxy) is 4. The minimum absolute atomic E-state index is 0.102. The molecule has 0 saturated heterocycles. The van der Waals surface area contributed by atoms with Crippen molar-refractivity contribution in [3.05, 3.63) is 0 Å². The molecule has 0 bridgehead atoms. The van der Waals surface area contributed by atoms with Gasteiger partial charge in [-0.2, -0.15) is 0 Å². The second-order valence-corrected chi connectivity index (χ2v) is 30.6. The quantitative estimate of drug-likeness (QED) is 0.0222. The maximum Gasteiger partial charge on any atom is 0.472 e. The van der Waals surface area contributed by atoms with Crippen molar-refractivity contribution in [1.82, 2.24) is 0 Å². The summed E-state index contributed by atoms with van der Waals surface area (Å²) < 4.78 is 68.3. The molecule has 0 fully saturated rings. The van der Waals surface area contributed by atoms with Crippen molar-refractivity contribution in [2.45, 2.75) is 394 Å². The monoisotopic (exact) mass is 1370 g/mol. The molecule has 0 aromatic rings. The number of unbranched alkanes of at least 4 members (excludes halogenated alkanes) is 38. The summed E-state index contributed by atoms with van der Waals surface area (Å²) in [5, 5.41) is 10.6. The van der Waals surface area contributed by atoms with Gasteiger partial charge in [-0.3, -0.25) is 37.3 Å². The number of carbonyl (C=O) groups is 4. The number of aliphatic hydroxyl groups excluding tert-OH is 1.